The number of hydrogen-bond donors (Lipinski definition) is 0. The average molecular weight is 288 g/mol. The molecule has 2 aromatic rings. The number of ether oxygens (including phenoxy) is 1. The van der Waals surface area contributed by atoms with Gasteiger partial charge in [-0.3, -0.25) is 0 Å². The quantitative estimate of drug-likeness (QED) is 0.739. The average Bonchev–Trinajstić information content (AvgIpc) is 2.18. The monoisotopic (exact) mass is 290 g/mol. The summed E-state index contributed by atoms with van der Waals surface area (Å²) in [5.74, 6) is 0.840. The summed E-state index contributed by atoms with van der Waals surface area (Å²) in [6, 6.07) is 7.34. The zero-order valence-electron chi connectivity index (χ0n) is 7.11. The van der Waals surface area contributed by atoms with Gasteiger partial charge in [-0.2, -0.15) is 0 Å². The van der Waals surface area contributed by atoms with Gasteiger partial charge in [0.05, 0.1) is 0 Å². The van der Waals surface area contributed by atoms with Gasteiger partial charge in [-0.25, -0.2) is 0 Å². The zero-order chi connectivity index (χ0) is 9.26. The van der Waals surface area contributed by atoms with Gasteiger partial charge in [0.15, 0.2) is 0 Å². The number of benzene rings is 1. The second-order valence-corrected chi connectivity index (χ2v) is 5.35. The Hall–Kier alpha value is -0.780. The summed E-state index contributed by atoms with van der Waals surface area (Å²) >= 11 is -0.310. The topological polar surface area (TPSA) is 26.3 Å². The number of rotatable bonds is 1. The summed E-state index contributed by atoms with van der Waals surface area (Å²) in [7, 11) is 1.64. The number of fused-ring (bicyclic) bond motifs is 1. The third-order valence-corrected chi connectivity index (χ3v) is 4.33. The van der Waals surface area contributed by atoms with E-state index in [0.717, 1.165) is 11.1 Å². The van der Waals surface area contributed by atoms with Crippen LogP contribution in [0.2, 0.25) is 0 Å². The van der Waals surface area contributed by atoms with Gasteiger partial charge < -0.3 is 0 Å². The molecule has 2 rings (SSSR count). The Morgan fingerprint density at radius 1 is 1.31 bits per heavy atom. The van der Waals surface area contributed by atoms with Gasteiger partial charge in [0.2, 0.25) is 0 Å². The number of methoxy groups -OCH3 is 1. The minimum absolute atomic E-state index is 0.119. The van der Waals surface area contributed by atoms with E-state index in [2.05, 4.69) is 0 Å². The van der Waals surface area contributed by atoms with Crippen molar-refractivity contribution in [2.75, 3.05) is 7.11 Å². The van der Waals surface area contributed by atoms with Crippen LogP contribution in [0.4, 0.5) is 0 Å². The molecule has 0 saturated carbocycles. The van der Waals surface area contributed by atoms with Crippen LogP contribution in [-0.4, -0.2) is 27.5 Å². The molecule has 13 heavy (non-hydrogen) atoms. The van der Waals surface area contributed by atoms with E-state index in [0.29, 0.717) is 0 Å². The molecule has 0 fully saturated rings. The Labute approximate surface area is 85.4 Å². The Balaban J connectivity index is 2.80. The maximum atomic E-state index is 11.4. The van der Waals surface area contributed by atoms with E-state index in [1.165, 1.54) is 3.40 Å². The molecule has 0 unspecified atom stereocenters. The molecule has 0 aliphatic heterocycles. The van der Waals surface area contributed by atoms with E-state index in [1.807, 2.05) is 22.3 Å². The molecular formula is C10H8O2Te. The van der Waals surface area contributed by atoms with Gasteiger partial charge in [-0.15, -0.1) is 0 Å². The summed E-state index contributed by atoms with van der Waals surface area (Å²) in [4.78, 5) is 11.4. The molecule has 0 radical (unpaired) electrons. The Morgan fingerprint density at radius 2 is 2.15 bits per heavy atom. The molecule has 66 valence electrons. The molecule has 0 N–H and O–H groups in total. The van der Waals surface area contributed by atoms with E-state index < -0.39 is 0 Å². The Kier molecular flexibility index (Phi) is 2.39. The van der Waals surface area contributed by atoms with Crippen LogP contribution in [0, 0.1) is 0 Å². The normalized spacial score (nSPS) is 10.2. The summed E-state index contributed by atoms with van der Waals surface area (Å²) < 4.78 is 8.29. The molecule has 1 heterocycles. The van der Waals surface area contributed by atoms with E-state index in [4.69, 9.17) is 4.74 Å². The van der Waals surface area contributed by atoms with E-state index in [9.17, 15) is 4.79 Å². The third kappa shape index (κ3) is 1.63. The van der Waals surface area contributed by atoms with Crippen molar-refractivity contribution in [1.29, 1.82) is 0 Å². The van der Waals surface area contributed by atoms with E-state index in [-0.39, 0.29) is 25.9 Å². The predicted octanol–water partition coefficient (Wildman–Crippen LogP) is 1.27. The van der Waals surface area contributed by atoms with Crippen LogP contribution in [-0.2, 0) is 0 Å². The van der Waals surface area contributed by atoms with Crippen LogP contribution in [0.3, 0.4) is 0 Å². The fourth-order valence-electron chi connectivity index (χ4n) is 1.19. The van der Waals surface area contributed by atoms with Crippen LogP contribution >= 0.6 is 0 Å². The fourth-order valence-corrected chi connectivity index (χ4v) is 3.52. The Bertz CT molecular complexity index is 487. The molecule has 0 atom stereocenters. The molecule has 1 aromatic heterocycles. The summed E-state index contributed by atoms with van der Waals surface area (Å²) in [5, 5.41) is 0.853. The summed E-state index contributed by atoms with van der Waals surface area (Å²) in [6.07, 6.45) is 0. The molecule has 1 aromatic carbocycles. The van der Waals surface area contributed by atoms with E-state index in [1.54, 1.807) is 13.2 Å². The van der Waals surface area contributed by atoms with Gasteiger partial charge >= 0.3 is 85.4 Å². The molecule has 0 saturated heterocycles. The second-order valence-electron chi connectivity index (χ2n) is 2.65. The van der Waals surface area contributed by atoms with Crippen LogP contribution in [0.25, 0.3) is 8.79 Å². The summed E-state index contributed by atoms with van der Waals surface area (Å²) in [5.41, 5.74) is 0.119. The molecule has 0 bridgehead atoms. The molecule has 3 heteroatoms. The molecule has 0 aliphatic carbocycles. The first kappa shape index (κ1) is 8.80. The van der Waals surface area contributed by atoms with Crippen LogP contribution in [0.5, 0.6) is 5.75 Å². The van der Waals surface area contributed by atoms with Crippen molar-refractivity contribution in [3.63, 3.8) is 0 Å². The van der Waals surface area contributed by atoms with Crippen molar-refractivity contribution >= 4 is 29.2 Å². The maximum absolute atomic E-state index is 11.4. The second kappa shape index (κ2) is 3.53. The van der Waals surface area contributed by atoms with Gasteiger partial charge in [-0.05, 0) is 0 Å². The van der Waals surface area contributed by atoms with Crippen molar-refractivity contribution in [2.45, 2.75) is 0 Å². The van der Waals surface area contributed by atoms with Crippen LogP contribution in [0.1, 0.15) is 0 Å². The SMILES string of the molecule is COc1ccc2c(=O)cc[te]c2c1. The predicted molar refractivity (Wildman–Crippen MR) is 53.7 cm³/mol. The molecule has 2 nitrogen and oxygen atoms in total. The van der Waals surface area contributed by atoms with Crippen molar-refractivity contribution < 1.29 is 4.74 Å². The molecule has 0 spiro atoms. The van der Waals surface area contributed by atoms with Gasteiger partial charge in [0, 0.05) is 0 Å². The molecule has 0 amide bonds. The van der Waals surface area contributed by atoms with Crippen molar-refractivity contribution in [1.82, 2.24) is 0 Å². The van der Waals surface area contributed by atoms with Gasteiger partial charge in [0.25, 0.3) is 0 Å². The first-order valence-corrected chi connectivity index (χ1v) is 6.38. The van der Waals surface area contributed by atoms with E-state index >= 15 is 0 Å². The summed E-state index contributed by atoms with van der Waals surface area (Å²) in [6.45, 7) is 0. The van der Waals surface area contributed by atoms with Crippen molar-refractivity contribution in [3.05, 3.63) is 38.6 Å². The van der Waals surface area contributed by atoms with Gasteiger partial charge in [0.1, 0.15) is 0 Å². The third-order valence-electron chi connectivity index (χ3n) is 1.87. The zero-order valence-corrected chi connectivity index (χ0v) is 9.44. The number of hydrogen-bond acceptors (Lipinski definition) is 2. The minimum atomic E-state index is -0.310. The van der Waals surface area contributed by atoms with Gasteiger partial charge in [-0.1, -0.05) is 0 Å². The standard InChI is InChI=1S/C10H8O2Te/c1-12-7-2-3-8-9(11)4-5-13-10(8)6-7/h2-6H,1H3. The van der Waals surface area contributed by atoms with Crippen LogP contribution < -0.4 is 10.2 Å². The molecular weight excluding hydrogens is 280 g/mol. The molecule has 0 aliphatic rings. The fraction of sp³-hybridized carbons (Fsp3) is 0.100. The van der Waals surface area contributed by atoms with Crippen LogP contribution in [0.15, 0.2) is 33.1 Å². The first-order valence-electron chi connectivity index (χ1n) is 3.87. The Morgan fingerprint density at radius 3 is 2.92 bits per heavy atom. The first-order chi connectivity index (χ1) is 6.31. The van der Waals surface area contributed by atoms with Crippen molar-refractivity contribution in [3.8, 4) is 5.75 Å². The van der Waals surface area contributed by atoms with Crippen molar-refractivity contribution in [2.24, 2.45) is 0 Å².